The molecule has 0 unspecified atom stereocenters. The van der Waals surface area contributed by atoms with Gasteiger partial charge in [-0.25, -0.2) is 4.39 Å². The van der Waals surface area contributed by atoms with E-state index < -0.39 is 11.4 Å². The summed E-state index contributed by atoms with van der Waals surface area (Å²) >= 11 is 0. The van der Waals surface area contributed by atoms with Crippen molar-refractivity contribution in [1.82, 2.24) is 15.1 Å². The molecule has 1 aromatic heterocycles. The predicted octanol–water partition coefficient (Wildman–Crippen LogP) is 2.54. The summed E-state index contributed by atoms with van der Waals surface area (Å²) in [6.07, 6.45) is 2.14. The molecule has 8 heteroatoms. The van der Waals surface area contributed by atoms with Crippen molar-refractivity contribution in [2.75, 3.05) is 20.3 Å². The van der Waals surface area contributed by atoms with E-state index in [2.05, 4.69) is 15.6 Å². The van der Waals surface area contributed by atoms with Crippen molar-refractivity contribution in [3.05, 3.63) is 34.7 Å². The number of benzene rings is 1. The summed E-state index contributed by atoms with van der Waals surface area (Å²) in [7, 11) is 3.13. The number of nitrogens with one attached hydrogen (secondary N) is 1. The number of aromatic nitrogens is 2. The number of hydrogen-bond donors (Lipinski definition) is 2. The van der Waals surface area contributed by atoms with Crippen molar-refractivity contribution in [2.24, 2.45) is 12.2 Å². The lowest BCUT2D eigenvalue weighted by Gasteiger charge is -2.23. The fourth-order valence-electron chi connectivity index (χ4n) is 2.54. The largest absolute Gasteiger partial charge is 0.494 e. The second-order valence-electron chi connectivity index (χ2n) is 6.44. The van der Waals surface area contributed by atoms with E-state index in [0.717, 1.165) is 11.8 Å². The highest BCUT2D eigenvalue weighted by Crippen LogP contribution is 2.36. The molecule has 25 heavy (non-hydrogen) atoms. The first-order valence-corrected chi connectivity index (χ1v) is 7.91. The van der Waals surface area contributed by atoms with E-state index in [1.165, 1.54) is 13.2 Å². The summed E-state index contributed by atoms with van der Waals surface area (Å²) in [5.74, 6) is -0.421. The average Bonchev–Trinajstić information content (AvgIpc) is 2.95. The fraction of sp³-hybridized carbons (Fsp3) is 0.471. The van der Waals surface area contributed by atoms with Crippen LogP contribution in [0.2, 0.25) is 0 Å². The molecule has 0 saturated carbocycles. The minimum Gasteiger partial charge on any atom is -0.494 e. The van der Waals surface area contributed by atoms with Gasteiger partial charge in [0.05, 0.1) is 19.9 Å². The second kappa shape index (κ2) is 7.71. The number of halogens is 1. The normalized spacial score (nSPS) is 11.6. The van der Waals surface area contributed by atoms with Crippen LogP contribution in [0.1, 0.15) is 19.5 Å². The van der Waals surface area contributed by atoms with E-state index >= 15 is 0 Å². The van der Waals surface area contributed by atoms with Gasteiger partial charge in [-0.15, -0.1) is 4.91 Å². The van der Waals surface area contributed by atoms with E-state index in [0.29, 0.717) is 18.5 Å². The molecule has 0 atom stereocenters. The summed E-state index contributed by atoms with van der Waals surface area (Å²) in [5, 5.41) is 19.6. The summed E-state index contributed by atoms with van der Waals surface area (Å²) in [5.41, 5.74) is 1.28. The lowest BCUT2D eigenvalue weighted by molar-refractivity contribution is 0.189. The Morgan fingerprint density at radius 3 is 2.72 bits per heavy atom. The summed E-state index contributed by atoms with van der Waals surface area (Å²) in [4.78, 5) is 11.0. The van der Waals surface area contributed by atoms with Crippen LogP contribution in [0.4, 0.5) is 10.1 Å². The van der Waals surface area contributed by atoms with Gasteiger partial charge in [0, 0.05) is 48.4 Å². The quantitative estimate of drug-likeness (QED) is 0.714. The van der Waals surface area contributed by atoms with Crippen molar-refractivity contribution in [3.63, 3.8) is 0 Å². The van der Waals surface area contributed by atoms with Crippen molar-refractivity contribution in [1.29, 1.82) is 0 Å². The Kier molecular flexibility index (Phi) is 5.86. The van der Waals surface area contributed by atoms with Crippen LogP contribution in [0.25, 0.3) is 11.1 Å². The topological polar surface area (TPSA) is 88.7 Å². The van der Waals surface area contributed by atoms with Crippen LogP contribution in [0.3, 0.4) is 0 Å². The SMILES string of the molecule is COc1cc(F)c(-c2cnn(C)c2CCNC(C)(C)CO)cc1N=O. The van der Waals surface area contributed by atoms with Gasteiger partial charge in [-0.1, -0.05) is 0 Å². The lowest BCUT2D eigenvalue weighted by atomic mass is 10.0. The number of aliphatic hydroxyl groups excluding tert-OH is 1. The molecule has 0 aliphatic carbocycles. The molecule has 2 rings (SSSR count). The van der Waals surface area contributed by atoms with Crippen molar-refractivity contribution >= 4 is 5.69 Å². The minimum absolute atomic E-state index is 0.00666. The van der Waals surface area contributed by atoms with Crippen LogP contribution in [0.15, 0.2) is 23.5 Å². The molecule has 0 fully saturated rings. The Bertz CT molecular complexity index is 759. The maximum absolute atomic E-state index is 14.5. The molecule has 1 aromatic carbocycles. The van der Waals surface area contributed by atoms with E-state index in [9.17, 15) is 14.4 Å². The van der Waals surface area contributed by atoms with Gasteiger partial charge in [-0.05, 0) is 25.1 Å². The Labute approximate surface area is 145 Å². The Balaban J connectivity index is 2.34. The van der Waals surface area contributed by atoms with Crippen LogP contribution in [0.5, 0.6) is 5.75 Å². The Morgan fingerprint density at radius 2 is 2.12 bits per heavy atom. The van der Waals surface area contributed by atoms with Crippen LogP contribution in [0, 0.1) is 10.7 Å². The number of nitrogens with zero attached hydrogens (tertiary/aromatic N) is 3. The molecule has 136 valence electrons. The lowest BCUT2D eigenvalue weighted by Crippen LogP contribution is -2.43. The number of ether oxygens (including phenoxy) is 1. The first-order chi connectivity index (χ1) is 11.8. The van der Waals surface area contributed by atoms with Crippen LogP contribution >= 0.6 is 0 Å². The number of methoxy groups -OCH3 is 1. The molecule has 0 aliphatic rings. The smallest absolute Gasteiger partial charge is 0.151 e. The number of aliphatic hydroxyl groups is 1. The highest BCUT2D eigenvalue weighted by Gasteiger charge is 2.19. The third-order valence-corrected chi connectivity index (χ3v) is 4.08. The van der Waals surface area contributed by atoms with Gasteiger partial charge in [-0.2, -0.15) is 5.10 Å². The number of nitroso groups, excluding NO2 is 1. The molecule has 0 aliphatic heterocycles. The molecule has 0 bridgehead atoms. The average molecular weight is 350 g/mol. The number of aryl methyl sites for hydroxylation is 1. The van der Waals surface area contributed by atoms with E-state index in [4.69, 9.17) is 4.74 Å². The maximum Gasteiger partial charge on any atom is 0.151 e. The van der Waals surface area contributed by atoms with Gasteiger partial charge >= 0.3 is 0 Å². The van der Waals surface area contributed by atoms with Gasteiger partial charge in [0.1, 0.15) is 5.82 Å². The molecule has 0 saturated heterocycles. The molecule has 0 spiro atoms. The standard InChI is InChI=1S/C17H23FN4O3/c1-17(2,10-23)19-6-5-15-12(9-20-22(15)3)11-7-14(21-24)16(25-4)8-13(11)18/h7-9,19,23H,5-6,10H2,1-4H3. The van der Waals surface area contributed by atoms with Crippen LogP contribution in [-0.4, -0.2) is 40.7 Å². The highest BCUT2D eigenvalue weighted by atomic mass is 19.1. The first-order valence-electron chi connectivity index (χ1n) is 7.91. The second-order valence-corrected chi connectivity index (χ2v) is 6.44. The molecule has 0 radical (unpaired) electrons. The van der Waals surface area contributed by atoms with Crippen LogP contribution < -0.4 is 10.1 Å². The zero-order valence-corrected chi connectivity index (χ0v) is 14.8. The van der Waals surface area contributed by atoms with Gasteiger partial charge in [0.15, 0.2) is 11.4 Å². The van der Waals surface area contributed by atoms with Gasteiger partial charge < -0.3 is 15.2 Å². The van der Waals surface area contributed by atoms with Gasteiger partial charge in [-0.3, -0.25) is 4.68 Å². The third-order valence-electron chi connectivity index (χ3n) is 4.08. The van der Waals surface area contributed by atoms with E-state index in [-0.39, 0.29) is 23.6 Å². The fourth-order valence-corrected chi connectivity index (χ4v) is 2.54. The minimum atomic E-state index is -0.512. The monoisotopic (exact) mass is 350 g/mol. The highest BCUT2D eigenvalue weighted by molar-refractivity contribution is 5.72. The predicted molar refractivity (Wildman–Crippen MR) is 93.5 cm³/mol. The molecule has 2 N–H and O–H groups in total. The number of hydrogen-bond acceptors (Lipinski definition) is 6. The van der Waals surface area contributed by atoms with E-state index in [1.54, 1.807) is 17.9 Å². The van der Waals surface area contributed by atoms with Crippen molar-refractivity contribution in [3.8, 4) is 16.9 Å². The summed E-state index contributed by atoms with van der Waals surface area (Å²) in [6, 6.07) is 2.52. The first kappa shape index (κ1) is 19.0. The van der Waals surface area contributed by atoms with Crippen LogP contribution in [-0.2, 0) is 13.5 Å². The van der Waals surface area contributed by atoms with Crippen molar-refractivity contribution in [2.45, 2.75) is 25.8 Å². The summed E-state index contributed by atoms with van der Waals surface area (Å²) in [6.45, 7) is 4.37. The molecule has 2 aromatic rings. The zero-order valence-electron chi connectivity index (χ0n) is 14.8. The van der Waals surface area contributed by atoms with Crippen molar-refractivity contribution < 1.29 is 14.2 Å². The zero-order chi connectivity index (χ0) is 18.6. The molecular weight excluding hydrogens is 327 g/mol. The third kappa shape index (κ3) is 4.21. The maximum atomic E-state index is 14.5. The molecular formula is C17H23FN4O3. The van der Waals surface area contributed by atoms with Gasteiger partial charge in [0.2, 0.25) is 0 Å². The molecule has 0 amide bonds. The summed E-state index contributed by atoms with van der Waals surface area (Å²) < 4.78 is 21.1. The number of rotatable bonds is 8. The van der Waals surface area contributed by atoms with Gasteiger partial charge in [0.25, 0.3) is 0 Å². The molecule has 7 nitrogen and oxygen atoms in total. The Morgan fingerprint density at radius 1 is 1.40 bits per heavy atom. The van der Waals surface area contributed by atoms with E-state index in [1.807, 2.05) is 13.8 Å². The molecule has 1 heterocycles. The Hall–Kier alpha value is -2.32.